The topological polar surface area (TPSA) is 135 Å². The van der Waals surface area contributed by atoms with E-state index >= 15 is 0 Å². The molecule has 2 amide bonds. The molecule has 2 aromatic heterocycles. The van der Waals surface area contributed by atoms with Crippen molar-refractivity contribution >= 4 is 28.8 Å². The third-order valence-corrected chi connectivity index (χ3v) is 7.07. The van der Waals surface area contributed by atoms with Crippen molar-refractivity contribution in [2.45, 2.75) is 18.9 Å². The lowest BCUT2D eigenvalue weighted by atomic mass is 9.99. The first-order valence-corrected chi connectivity index (χ1v) is 11.0. The zero-order chi connectivity index (χ0) is 22.9. The second-order valence-corrected chi connectivity index (χ2v) is 9.43. The molecule has 10 nitrogen and oxygen atoms in total. The molecule has 170 valence electrons. The quantitative estimate of drug-likeness (QED) is 0.526. The Morgan fingerprint density at radius 1 is 1.33 bits per heavy atom. The highest BCUT2D eigenvalue weighted by molar-refractivity contribution is 6.09. The Morgan fingerprint density at radius 2 is 2.12 bits per heavy atom. The number of hydrogen-bond donors (Lipinski definition) is 3. The molecule has 0 spiro atoms. The Morgan fingerprint density at radius 3 is 2.85 bits per heavy atom. The SMILES string of the molecule is C[C@@]1(CO)Cc2cc(NC(=O)c3cnn4cccnc34)c(N3C[C@@H]4C(C(N)=O)[C@H]4C3)cc2O1. The number of carbonyl (C=O) groups is 2. The van der Waals surface area contributed by atoms with Gasteiger partial charge in [-0.25, -0.2) is 9.50 Å². The van der Waals surface area contributed by atoms with Gasteiger partial charge in [-0.05, 0) is 30.9 Å². The van der Waals surface area contributed by atoms with E-state index in [2.05, 4.69) is 20.3 Å². The number of aliphatic hydroxyl groups is 1. The van der Waals surface area contributed by atoms with Crippen molar-refractivity contribution in [3.8, 4) is 5.75 Å². The maximum atomic E-state index is 13.2. The summed E-state index contributed by atoms with van der Waals surface area (Å²) in [6.45, 7) is 3.13. The minimum atomic E-state index is -0.696. The van der Waals surface area contributed by atoms with Gasteiger partial charge in [0.2, 0.25) is 5.91 Å². The molecular formula is C23H24N6O4. The molecular weight excluding hydrogens is 424 g/mol. The number of piperidine rings is 1. The van der Waals surface area contributed by atoms with Crippen molar-refractivity contribution in [2.75, 3.05) is 29.9 Å². The summed E-state index contributed by atoms with van der Waals surface area (Å²) in [5.41, 5.74) is 8.06. The molecule has 2 fully saturated rings. The van der Waals surface area contributed by atoms with Crippen molar-refractivity contribution in [3.05, 3.63) is 47.9 Å². The Hall–Kier alpha value is -3.66. The number of amides is 2. The number of hydrogen-bond acceptors (Lipinski definition) is 7. The Kier molecular flexibility index (Phi) is 4.19. The predicted octanol–water partition coefficient (Wildman–Crippen LogP) is 0.835. The van der Waals surface area contributed by atoms with Gasteiger partial charge in [0.25, 0.3) is 5.91 Å². The summed E-state index contributed by atoms with van der Waals surface area (Å²) in [6.07, 6.45) is 5.39. The number of nitrogens with zero attached hydrogens (tertiary/aromatic N) is 4. The third-order valence-electron chi connectivity index (χ3n) is 7.07. The molecule has 3 aromatic rings. The molecule has 1 saturated heterocycles. The zero-order valence-corrected chi connectivity index (χ0v) is 18.1. The van der Waals surface area contributed by atoms with Crippen LogP contribution in [0.1, 0.15) is 22.8 Å². The highest BCUT2D eigenvalue weighted by Gasteiger charge is 2.59. The summed E-state index contributed by atoms with van der Waals surface area (Å²) < 4.78 is 7.60. The van der Waals surface area contributed by atoms with Crippen molar-refractivity contribution in [1.29, 1.82) is 0 Å². The van der Waals surface area contributed by atoms with Gasteiger partial charge in [0.15, 0.2) is 5.65 Å². The van der Waals surface area contributed by atoms with E-state index in [4.69, 9.17) is 10.5 Å². The van der Waals surface area contributed by atoms with Gasteiger partial charge in [0.1, 0.15) is 16.9 Å². The number of aliphatic hydroxyl groups excluding tert-OH is 1. The molecule has 4 heterocycles. The zero-order valence-electron chi connectivity index (χ0n) is 18.1. The minimum absolute atomic E-state index is 0.0625. The number of ether oxygens (including phenoxy) is 1. The molecule has 33 heavy (non-hydrogen) atoms. The van der Waals surface area contributed by atoms with Crippen LogP contribution >= 0.6 is 0 Å². The van der Waals surface area contributed by atoms with Crippen LogP contribution in [0.25, 0.3) is 5.65 Å². The minimum Gasteiger partial charge on any atom is -0.484 e. The van der Waals surface area contributed by atoms with E-state index in [1.165, 1.54) is 6.20 Å². The lowest BCUT2D eigenvalue weighted by Gasteiger charge is -2.25. The van der Waals surface area contributed by atoms with Crippen LogP contribution in [-0.2, 0) is 11.2 Å². The Balaban J connectivity index is 1.34. The van der Waals surface area contributed by atoms with Crippen LogP contribution in [0.3, 0.4) is 0 Å². The van der Waals surface area contributed by atoms with Crippen molar-refractivity contribution in [3.63, 3.8) is 0 Å². The van der Waals surface area contributed by atoms with Crippen LogP contribution in [0, 0.1) is 17.8 Å². The van der Waals surface area contributed by atoms with Gasteiger partial charge < -0.3 is 25.8 Å². The van der Waals surface area contributed by atoms with Gasteiger partial charge in [-0.3, -0.25) is 9.59 Å². The predicted molar refractivity (Wildman–Crippen MR) is 119 cm³/mol. The molecule has 3 aliphatic rings. The number of nitrogens with two attached hydrogens (primary N) is 1. The summed E-state index contributed by atoms with van der Waals surface area (Å²) in [6, 6.07) is 5.58. The van der Waals surface area contributed by atoms with Gasteiger partial charge in [-0.15, -0.1) is 0 Å². The smallest absolute Gasteiger partial charge is 0.261 e. The number of primary amides is 1. The first kappa shape index (κ1) is 20.0. The van der Waals surface area contributed by atoms with Crippen LogP contribution < -0.4 is 20.7 Å². The van der Waals surface area contributed by atoms with E-state index in [0.717, 1.165) is 11.3 Å². The number of anilines is 2. The Labute approximate surface area is 189 Å². The fourth-order valence-electron chi connectivity index (χ4n) is 5.32. The average Bonchev–Trinajstić information content (AvgIpc) is 3.15. The summed E-state index contributed by atoms with van der Waals surface area (Å²) in [7, 11) is 0. The lowest BCUT2D eigenvalue weighted by molar-refractivity contribution is -0.119. The van der Waals surface area contributed by atoms with Crippen molar-refractivity contribution in [2.24, 2.45) is 23.5 Å². The molecule has 4 N–H and O–H groups in total. The van der Waals surface area contributed by atoms with E-state index in [1.54, 1.807) is 23.0 Å². The second kappa shape index (κ2) is 6.92. The van der Waals surface area contributed by atoms with E-state index < -0.39 is 5.60 Å². The Bertz CT molecular complexity index is 1290. The van der Waals surface area contributed by atoms with Crippen molar-refractivity contribution < 1.29 is 19.4 Å². The van der Waals surface area contributed by atoms with Gasteiger partial charge >= 0.3 is 0 Å². The van der Waals surface area contributed by atoms with Gasteiger partial charge in [0.05, 0.1) is 24.2 Å². The lowest BCUT2D eigenvalue weighted by Crippen LogP contribution is -2.34. The fraction of sp³-hybridized carbons (Fsp3) is 0.391. The molecule has 0 unspecified atom stereocenters. The molecule has 6 rings (SSSR count). The van der Waals surface area contributed by atoms with Crippen LogP contribution in [0.2, 0.25) is 0 Å². The third kappa shape index (κ3) is 3.12. The number of nitrogens with one attached hydrogen (secondary N) is 1. The maximum absolute atomic E-state index is 13.2. The molecule has 2 aliphatic heterocycles. The number of benzene rings is 1. The van der Waals surface area contributed by atoms with Crippen molar-refractivity contribution in [1.82, 2.24) is 14.6 Å². The second-order valence-electron chi connectivity index (χ2n) is 9.43. The van der Waals surface area contributed by atoms with E-state index in [-0.39, 0.29) is 36.2 Å². The van der Waals surface area contributed by atoms with Crippen LogP contribution in [0.15, 0.2) is 36.8 Å². The number of aromatic nitrogens is 3. The summed E-state index contributed by atoms with van der Waals surface area (Å²) in [5.74, 6) is 0.568. The number of carbonyl (C=O) groups excluding carboxylic acids is 2. The largest absolute Gasteiger partial charge is 0.484 e. The summed E-state index contributed by atoms with van der Waals surface area (Å²) in [4.78, 5) is 31.2. The first-order valence-electron chi connectivity index (χ1n) is 11.0. The maximum Gasteiger partial charge on any atom is 0.261 e. The number of fused-ring (bicyclic) bond motifs is 3. The molecule has 0 radical (unpaired) electrons. The molecule has 0 bridgehead atoms. The average molecular weight is 448 g/mol. The highest BCUT2D eigenvalue weighted by Crippen LogP contribution is 2.54. The standard InChI is InChI=1S/C23H24N6O4/c1-23(11-30)7-12-5-16(27-22(32)13-8-26-29-4-2-3-25-21(13)29)17(6-18(12)33-23)28-9-14-15(10-28)19(14)20(24)31/h2-6,8,14-15,19,30H,7,9-11H2,1H3,(H2,24,31)(H,27,32)/t14-,15-,23-/m0/s1. The van der Waals surface area contributed by atoms with E-state index in [9.17, 15) is 14.7 Å². The molecule has 1 aromatic carbocycles. The molecule has 10 heteroatoms. The molecule has 3 atom stereocenters. The number of rotatable bonds is 5. The van der Waals surface area contributed by atoms with Gasteiger partial charge in [-0.1, -0.05) is 0 Å². The normalized spacial score (nSPS) is 27.2. The molecule has 1 saturated carbocycles. The van der Waals surface area contributed by atoms with Gasteiger partial charge in [0, 0.05) is 49.5 Å². The van der Waals surface area contributed by atoms with Gasteiger partial charge in [-0.2, -0.15) is 5.10 Å². The first-order chi connectivity index (χ1) is 15.9. The van der Waals surface area contributed by atoms with E-state index in [0.29, 0.717) is 42.2 Å². The van der Waals surface area contributed by atoms with Crippen LogP contribution in [0.4, 0.5) is 11.4 Å². The fourth-order valence-corrected chi connectivity index (χ4v) is 5.32. The molecule has 1 aliphatic carbocycles. The monoisotopic (exact) mass is 448 g/mol. The summed E-state index contributed by atoms with van der Waals surface area (Å²) >= 11 is 0. The van der Waals surface area contributed by atoms with E-state index in [1.807, 2.05) is 19.1 Å². The summed E-state index contributed by atoms with van der Waals surface area (Å²) in [5, 5.41) is 17.0. The van der Waals surface area contributed by atoms with Crippen LogP contribution in [-0.4, -0.2) is 56.8 Å². The van der Waals surface area contributed by atoms with Crippen LogP contribution in [0.5, 0.6) is 5.75 Å². The highest BCUT2D eigenvalue weighted by atomic mass is 16.5.